The number of fused-ring (bicyclic) bond motifs is 3. The number of Topliss-reactive ketones (excluding diaryl/α,β-unsaturated/α-hetero) is 1. The van der Waals surface area contributed by atoms with Crippen LogP contribution in [0.1, 0.15) is 50.9 Å². The van der Waals surface area contributed by atoms with Crippen LogP contribution in [0, 0.1) is 0 Å². The molecule has 0 spiro atoms. The lowest BCUT2D eigenvalue weighted by molar-refractivity contribution is -0.118. The lowest BCUT2D eigenvalue weighted by atomic mass is 10.1. The van der Waals surface area contributed by atoms with E-state index in [1.54, 1.807) is 27.8 Å². The first kappa shape index (κ1) is 19.0. The fourth-order valence-corrected chi connectivity index (χ4v) is 3.71. The van der Waals surface area contributed by atoms with Crippen LogP contribution >= 0.6 is 0 Å². The predicted octanol–water partition coefficient (Wildman–Crippen LogP) is 1.41. The molecule has 1 aliphatic rings. The number of imidazole rings is 2. The van der Waals surface area contributed by atoms with Gasteiger partial charge in [0.25, 0.3) is 0 Å². The van der Waals surface area contributed by atoms with E-state index in [2.05, 4.69) is 21.9 Å². The Bertz CT molecular complexity index is 981. The number of ether oxygens (including phenoxy) is 1. The van der Waals surface area contributed by atoms with Gasteiger partial charge in [-0.2, -0.15) is 0 Å². The van der Waals surface area contributed by atoms with Gasteiger partial charge in [-0.3, -0.25) is 13.8 Å². The number of hydrogen-bond donors (Lipinski definition) is 2. The molecule has 0 saturated carbocycles. The van der Waals surface area contributed by atoms with E-state index in [1.807, 2.05) is 0 Å². The highest BCUT2D eigenvalue weighted by Gasteiger charge is 2.35. The van der Waals surface area contributed by atoms with Crippen LogP contribution in [0.5, 0.6) is 0 Å². The van der Waals surface area contributed by atoms with Crippen LogP contribution < -0.4 is 0 Å². The summed E-state index contributed by atoms with van der Waals surface area (Å²) in [7, 11) is 0. The van der Waals surface area contributed by atoms with Crippen LogP contribution in [-0.4, -0.2) is 58.7 Å². The molecule has 1 aliphatic heterocycles. The average Bonchev–Trinajstić information content (AvgIpc) is 3.38. The first-order chi connectivity index (χ1) is 13.6. The van der Waals surface area contributed by atoms with Gasteiger partial charge in [-0.05, 0) is 6.42 Å². The summed E-state index contributed by atoms with van der Waals surface area (Å²) in [6.45, 7) is 1.88. The van der Waals surface area contributed by atoms with Crippen LogP contribution in [-0.2, 0) is 16.0 Å². The third-order valence-electron chi connectivity index (χ3n) is 5.28. The number of rotatable bonds is 8. The molecule has 150 valence electrons. The maximum absolute atomic E-state index is 12.2. The van der Waals surface area contributed by atoms with Crippen molar-refractivity contribution in [3.05, 3.63) is 24.5 Å². The van der Waals surface area contributed by atoms with Crippen LogP contribution in [0.3, 0.4) is 0 Å². The molecule has 4 heterocycles. The molecule has 3 atom stereocenters. The summed E-state index contributed by atoms with van der Waals surface area (Å²) in [4.78, 5) is 25.6. The molecule has 4 rings (SSSR count). The summed E-state index contributed by atoms with van der Waals surface area (Å²) in [5.41, 5.74) is 2.64. The van der Waals surface area contributed by atoms with E-state index in [-0.39, 0.29) is 12.4 Å². The summed E-state index contributed by atoms with van der Waals surface area (Å²) in [5, 5.41) is 19.3. The molecule has 0 aliphatic carbocycles. The molecule has 9 heteroatoms. The second kappa shape index (κ2) is 7.94. The van der Waals surface area contributed by atoms with E-state index >= 15 is 0 Å². The van der Waals surface area contributed by atoms with Gasteiger partial charge in [-0.1, -0.05) is 19.8 Å². The van der Waals surface area contributed by atoms with Gasteiger partial charge in [-0.15, -0.1) is 0 Å². The van der Waals surface area contributed by atoms with E-state index in [9.17, 15) is 15.0 Å². The molecule has 28 heavy (non-hydrogen) atoms. The van der Waals surface area contributed by atoms with Crippen molar-refractivity contribution in [2.24, 2.45) is 0 Å². The Morgan fingerprint density at radius 2 is 2.11 bits per heavy atom. The summed E-state index contributed by atoms with van der Waals surface area (Å²) in [6, 6.07) is 0. The van der Waals surface area contributed by atoms with Gasteiger partial charge in [0.1, 0.15) is 24.4 Å². The number of aliphatic hydroxyl groups excluding tert-OH is 2. The number of ketones is 1. The molecule has 3 aromatic heterocycles. The summed E-state index contributed by atoms with van der Waals surface area (Å²) < 4.78 is 9.26. The topological polar surface area (TPSA) is 115 Å². The SMILES string of the molecule is CCCCCC(=O)Cc1cnc2c3ncn([C@H]4C[C@H](O)[C@@H](CO)O4)c3ncn12. The van der Waals surface area contributed by atoms with E-state index in [0.29, 0.717) is 36.1 Å². The fraction of sp³-hybridized carbons (Fsp3) is 0.579. The van der Waals surface area contributed by atoms with E-state index in [1.165, 1.54) is 0 Å². The first-order valence-electron chi connectivity index (χ1n) is 9.76. The van der Waals surface area contributed by atoms with Crippen LogP contribution in [0.15, 0.2) is 18.9 Å². The molecule has 1 saturated heterocycles. The zero-order valence-electron chi connectivity index (χ0n) is 15.9. The average molecular weight is 387 g/mol. The molecule has 0 radical (unpaired) electrons. The largest absolute Gasteiger partial charge is 0.394 e. The van der Waals surface area contributed by atoms with E-state index in [4.69, 9.17) is 4.74 Å². The van der Waals surface area contributed by atoms with Crippen molar-refractivity contribution >= 4 is 22.6 Å². The number of hydrogen-bond acceptors (Lipinski definition) is 7. The minimum atomic E-state index is -0.729. The molecule has 0 aromatic carbocycles. The summed E-state index contributed by atoms with van der Waals surface area (Å²) >= 11 is 0. The summed E-state index contributed by atoms with van der Waals surface area (Å²) in [5.74, 6) is 0.198. The number of aliphatic hydroxyl groups is 2. The van der Waals surface area contributed by atoms with Crippen molar-refractivity contribution in [2.75, 3.05) is 6.61 Å². The Morgan fingerprint density at radius 3 is 2.86 bits per heavy atom. The zero-order chi connectivity index (χ0) is 19.7. The van der Waals surface area contributed by atoms with Crippen molar-refractivity contribution in [3.63, 3.8) is 0 Å². The van der Waals surface area contributed by atoms with Gasteiger partial charge < -0.3 is 14.9 Å². The van der Waals surface area contributed by atoms with Crippen molar-refractivity contribution in [1.82, 2.24) is 23.9 Å². The number of carbonyl (C=O) groups is 1. The third kappa shape index (κ3) is 3.41. The maximum atomic E-state index is 12.2. The van der Waals surface area contributed by atoms with Crippen molar-refractivity contribution in [1.29, 1.82) is 0 Å². The van der Waals surface area contributed by atoms with Gasteiger partial charge >= 0.3 is 0 Å². The molecule has 0 amide bonds. The van der Waals surface area contributed by atoms with E-state index in [0.717, 1.165) is 25.0 Å². The quantitative estimate of drug-likeness (QED) is 0.562. The molecule has 0 bridgehead atoms. The number of nitrogens with zero attached hydrogens (tertiary/aromatic N) is 5. The fourth-order valence-electron chi connectivity index (χ4n) is 3.71. The van der Waals surface area contributed by atoms with Gasteiger partial charge in [0.2, 0.25) is 0 Å². The second-order valence-corrected chi connectivity index (χ2v) is 7.30. The number of carbonyl (C=O) groups excluding carboxylic acids is 1. The normalized spacial score (nSPS) is 22.5. The zero-order valence-corrected chi connectivity index (χ0v) is 15.9. The van der Waals surface area contributed by atoms with E-state index < -0.39 is 18.4 Å². The highest BCUT2D eigenvalue weighted by atomic mass is 16.5. The number of unbranched alkanes of at least 4 members (excludes halogenated alkanes) is 2. The Kier molecular flexibility index (Phi) is 5.38. The van der Waals surface area contributed by atoms with Crippen LogP contribution in [0.2, 0.25) is 0 Å². The van der Waals surface area contributed by atoms with Crippen molar-refractivity contribution in [2.45, 2.75) is 63.9 Å². The third-order valence-corrected chi connectivity index (χ3v) is 5.28. The molecule has 3 aromatic rings. The molecule has 1 fully saturated rings. The Labute approximate surface area is 162 Å². The lowest BCUT2D eigenvalue weighted by Crippen LogP contribution is -2.24. The maximum Gasteiger partial charge on any atom is 0.168 e. The van der Waals surface area contributed by atoms with Crippen molar-refractivity contribution in [3.8, 4) is 0 Å². The van der Waals surface area contributed by atoms with Gasteiger partial charge in [-0.25, -0.2) is 15.0 Å². The van der Waals surface area contributed by atoms with Crippen molar-refractivity contribution < 1.29 is 19.7 Å². The monoisotopic (exact) mass is 387 g/mol. The van der Waals surface area contributed by atoms with Gasteiger partial charge in [0.05, 0.1) is 24.7 Å². The number of aromatic nitrogens is 5. The molecule has 0 unspecified atom stereocenters. The first-order valence-corrected chi connectivity index (χ1v) is 9.76. The standard InChI is InChI=1S/C19H25N5O4/c1-2-3-4-5-13(26)6-12-8-20-18-17-19(22-11-23(12)18)24(10-21-17)16-7-14(27)15(9-25)28-16/h8,10-11,14-16,25,27H,2-7,9H2,1H3/t14-,15+,16+/m0/s1. The highest BCUT2D eigenvalue weighted by molar-refractivity contribution is 5.86. The minimum absolute atomic E-state index is 0.198. The molecular weight excluding hydrogens is 362 g/mol. The second-order valence-electron chi connectivity index (χ2n) is 7.30. The predicted molar refractivity (Wildman–Crippen MR) is 101 cm³/mol. The Morgan fingerprint density at radius 1 is 1.25 bits per heavy atom. The minimum Gasteiger partial charge on any atom is -0.394 e. The molecule has 2 N–H and O–H groups in total. The lowest BCUT2D eigenvalue weighted by Gasteiger charge is -2.13. The van der Waals surface area contributed by atoms with Crippen LogP contribution in [0.25, 0.3) is 16.8 Å². The Balaban J connectivity index is 1.59. The van der Waals surface area contributed by atoms with Gasteiger partial charge in [0, 0.05) is 25.5 Å². The Hall–Kier alpha value is -2.36. The van der Waals surface area contributed by atoms with Gasteiger partial charge in [0.15, 0.2) is 16.8 Å². The highest BCUT2D eigenvalue weighted by Crippen LogP contribution is 2.31. The molecular formula is C19H25N5O4. The summed E-state index contributed by atoms with van der Waals surface area (Å²) in [6.07, 6.45) is 7.51. The molecule has 9 nitrogen and oxygen atoms in total. The van der Waals surface area contributed by atoms with Crippen LogP contribution in [0.4, 0.5) is 0 Å². The smallest absolute Gasteiger partial charge is 0.168 e.